The summed E-state index contributed by atoms with van der Waals surface area (Å²) in [4.78, 5) is 20.5. The highest BCUT2D eigenvalue weighted by Crippen LogP contribution is 2.35. The van der Waals surface area contributed by atoms with Crippen LogP contribution in [0, 0.1) is 0 Å². The Balaban J connectivity index is 1.63. The van der Waals surface area contributed by atoms with Crippen molar-refractivity contribution in [3.63, 3.8) is 0 Å². The van der Waals surface area contributed by atoms with Gasteiger partial charge < -0.3 is 15.2 Å². The third-order valence-electron chi connectivity index (χ3n) is 4.62. The maximum atomic E-state index is 13.2. The van der Waals surface area contributed by atoms with E-state index < -0.39 is 11.7 Å². The Kier molecular flexibility index (Phi) is 5.40. The third-order valence-corrected chi connectivity index (χ3v) is 5.15. The fourth-order valence-corrected chi connectivity index (χ4v) is 3.30. The third kappa shape index (κ3) is 4.38. The number of carbonyl (C=O) groups excluding carboxylic acids is 1. The van der Waals surface area contributed by atoms with E-state index in [4.69, 9.17) is 0 Å². The summed E-state index contributed by atoms with van der Waals surface area (Å²) < 4.78 is 42.2. The number of halogens is 4. The van der Waals surface area contributed by atoms with Crippen LogP contribution < -0.4 is 10.6 Å². The number of pyridine rings is 1. The molecule has 0 radical (unpaired) electrons. The number of fused-ring (bicyclic) bond motifs is 1. The van der Waals surface area contributed by atoms with Crippen LogP contribution >= 0.6 is 15.9 Å². The van der Waals surface area contributed by atoms with Crippen molar-refractivity contribution in [2.45, 2.75) is 6.18 Å². The summed E-state index contributed by atoms with van der Waals surface area (Å²) in [7, 11) is 1.67. The number of rotatable bonds is 4. The van der Waals surface area contributed by atoms with Crippen molar-refractivity contribution < 1.29 is 18.0 Å². The standard InChI is InChI=1S/C21H15BrF3N5O/c1-30-18-7-2-12(19(31)27-14-5-3-13(22)4-6-14)10-17(18)29-20(30)28-16-8-9-26-11-15(16)21(23,24)25/h2-11H,1H3,(H,27,31)(H,26,28,29). The van der Waals surface area contributed by atoms with E-state index in [9.17, 15) is 18.0 Å². The van der Waals surface area contributed by atoms with E-state index in [0.29, 0.717) is 22.3 Å². The van der Waals surface area contributed by atoms with E-state index in [2.05, 4.69) is 36.5 Å². The minimum absolute atomic E-state index is 0.158. The molecule has 31 heavy (non-hydrogen) atoms. The van der Waals surface area contributed by atoms with Crippen LogP contribution in [0.1, 0.15) is 15.9 Å². The number of aryl methyl sites for hydroxylation is 1. The van der Waals surface area contributed by atoms with Crippen molar-refractivity contribution >= 4 is 50.2 Å². The number of benzene rings is 2. The summed E-state index contributed by atoms with van der Waals surface area (Å²) in [6.45, 7) is 0. The summed E-state index contributed by atoms with van der Waals surface area (Å²) >= 11 is 3.34. The lowest BCUT2D eigenvalue weighted by Gasteiger charge is -2.13. The molecule has 0 aliphatic rings. The summed E-state index contributed by atoms with van der Waals surface area (Å²) in [5, 5.41) is 5.51. The van der Waals surface area contributed by atoms with Gasteiger partial charge in [-0.2, -0.15) is 13.2 Å². The molecule has 0 bridgehead atoms. The first-order chi connectivity index (χ1) is 14.7. The van der Waals surface area contributed by atoms with Crippen molar-refractivity contribution in [2.24, 2.45) is 7.05 Å². The first kappa shape index (κ1) is 20.9. The van der Waals surface area contributed by atoms with Gasteiger partial charge >= 0.3 is 6.18 Å². The van der Waals surface area contributed by atoms with Gasteiger partial charge in [0.2, 0.25) is 5.95 Å². The van der Waals surface area contributed by atoms with Gasteiger partial charge in [-0.1, -0.05) is 15.9 Å². The van der Waals surface area contributed by atoms with Crippen molar-refractivity contribution in [1.82, 2.24) is 14.5 Å². The Hall–Kier alpha value is -3.40. The van der Waals surface area contributed by atoms with Gasteiger partial charge in [-0.3, -0.25) is 9.78 Å². The number of imidazole rings is 1. The highest BCUT2D eigenvalue weighted by molar-refractivity contribution is 9.10. The van der Waals surface area contributed by atoms with E-state index in [-0.39, 0.29) is 17.5 Å². The first-order valence-electron chi connectivity index (χ1n) is 9.04. The molecule has 0 unspecified atom stereocenters. The highest BCUT2D eigenvalue weighted by atomic mass is 79.9. The molecule has 2 aromatic carbocycles. The Morgan fingerprint density at radius 3 is 2.55 bits per heavy atom. The second kappa shape index (κ2) is 8.03. The van der Waals surface area contributed by atoms with Gasteiger partial charge in [-0.05, 0) is 48.5 Å². The topological polar surface area (TPSA) is 71.8 Å². The molecule has 0 spiro atoms. The molecule has 0 saturated carbocycles. The van der Waals surface area contributed by atoms with Crippen LogP contribution in [0.25, 0.3) is 11.0 Å². The summed E-state index contributed by atoms with van der Waals surface area (Å²) in [6, 6.07) is 13.3. The number of aromatic nitrogens is 3. The Morgan fingerprint density at radius 2 is 1.84 bits per heavy atom. The average Bonchev–Trinajstić information content (AvgIpc) is 3.04. The smallest absolute Gasteiger partial charge is 0.325 e. The molecule has 2 N–H and O–H groups in total. The lowest BCUT2D eigenvalue weighted by molar-refractivity contribution is -0.137. The number of hydrogen-bond acceptors (Lipinski definition) is 4. The average molecular weight is 490 g/mol. The van der Waals surface area contributed by atoms with Gasteiger partial charge in [0.1, 0.15) is 0 Å². The zero-order valence-electron chi connectivity index (χ0n) is 16.0. The fourth-order valence-electron chi connectivity index (χ4n) is 3.04. The maximum Gasteiger partial charge on any atom is 0.419 e. The lowest BCUT2D eigenvalue weighted by Crippen LogP contribution is -2.11. The van der Waals surface area contributed by atoms with Gasteiger partial charge in [0, 0.05) is 35.2 Å². The molecule has 2 aromatic heterocycles. The zero-order chi connectivity index (χ0) is 22.2. The molecule has 6 nitrogen and oxygen atoms in total. The SMILES string of the molecule is Cn1c(Nc2ccncc2C(F)(F)F)nc2cc(C(=O)Nc3ccc(Br)cc3)ccc21. The molecular formula is C21H15BrF3N5O. The van der Waals surface area contributed by atoms with Gasteiger partial charge in [0.05, 0.1) is 22.3 Å². The number of nitrogens with zero attached hydrogens (tertiary/aromatic N) is 3. The molecule has 0 saturated heterocycles. The van der Waals surface area contributed by atoms with Crippen LogP contribution in [0.5, 0.6) is 0 Å². The van der Waals surface area contributed by atoms with Crippen LogP contribution in [0.15, 0.2) is 65.4 Å². The van der Waals surface area contributed by atoms with Crippen LogP contribution in [-0.2, 0) is 13.2 Å². The van der Waals surface area contributed by atoms with E-state index in [0.717, 1.165) is 10.7 Å². The summed E-state index contributed by atoms with van der Waals surface area (Å²) in [6.07, 6.45) is -2.53. The van der Waals surface area contributed by atoms with Crippen LogP contribution in [0.2, 0.25) is 0 Å². The Morgan fingerprint density at radius 1 is 1.10 bits per heavy atom. The second-order valence-electron chi connectivity index (χ2n) is 6.70. The van der Waals surface area contributed by atoms with E-state index in [1.807, 2.05) is 12.1 Å². The molecule has 4 rings (SSSR count). The number of anilines is 3. The lowest BCUT2D eigenvalue weighted by atomic mass is 10.2. The molecular weight excluding hydrogens is 475 g/mol. The fraction of sp³-hybridized carbons (Fsp3) is 0.0952. The Labute approximate surface area is 183 Å². The highest BCUT2D eigenvalue weighted by Gasteiger charge is 2.34. The van der Waals surface area contributed by atoms with Crippen molar-refractivity contribution in [2.75, 3.05) is 10.6 Å². The minimum Gasteiger partial charge on any atom is -0.325 e. The molecule has 2 heterocycles. The molecule has 1 amide bonds. The number of nitrogens with one attached hydrogen (secondary N) is 2. The predicted octanol–water partition coefficient (Wildman–Crippen LogP) is 5.75. The molecule has 10 heteroatoms. The number of hydrogen-bond donors (Lipinski definition) is 2. The summed E-state index contributed by atoms with van der Waals surface area (Å²) in [5.74, 6) is -0.116. The number of amides is 1. The molecule has 0 fully saturated rings. The van der Waals surface area contributed by atoms with Gasteiger partial charge in [0.25, 0.3) is 5.91 Å². The number of alkyl halides is 3. The molecule has 158 valence electrons. The van der Waals surface area contributed by atoms with Crippen molar-refractivity contribution in [3.05, 3.63) is 76.5 Å². The van der Waals surface area contributed by atoms with Crippen molar-refractivity contribution in [1.29, 1.82) is 0 Å². The largest absolute Gasteiger partial charge is 0.419 e. The second-order valence-corrected chi connectivity index (χ2v) is 7.62. The quantitative estimate of drug-likeness (QED) is 0.383. The van der Waals surface area contributed by atoms with E-state index >= 15 is 0 Å². The van der Waals surface area contributed by atoms with Crippen LogP contribution in [0.4, 0.5) is 30.5 Å². The molecule has 0 atom stereocenters. The number of carbonyl (C=O) groups is 1. The van der Waals surface area contributed by atoms with Gasteiger partial charge in [-0.15, -0.1) is 0 Å². The van der Waals surface area contributed by atoms with E-state index in [1.54, 1.807) is 41.9 Å². The zero-order valence-corrected chi connectivity index (χ0v) is 17.6. The molecule has 0 aliphatic carbocycles. The first-order valence-corrected chi connectivity index (χ1v) is 9.83. The van der Waals surface area contributed by atoms with Crippen molar-refractivity contribution in [3.8, 4) is 0 Å². The normalized spacial score (nSPS) is 11.5. The van der Waals surface area contributed by atoms with Gasteiger partial charge in [0.15, 0.2) is 0 Å². The summed E-state index contributed by atoms with van der Waals surface area (Å²) in [5.41, 5.74) is 1.08. The van der Waals surface area contributed by atoms with E-state index in [1.165, 1.54) is 12.3 Å². The monoisotopic (exact) mass is 489 g/mol. The minimum atomic E-state index is -4.56. The Bertz CT molecular complexity index is 1270. The van der Waals surface area contributed by atoms with Crippen LogP contribution in [0.3, 0.4) is 0 Å². The molecule has 0 aliphatic heterocycles. The molecule has 4 aromatic rings. The van der Waals surface area contributed by atoms with Gasteiger partial charge in [-0.25, -0.2) is 4.98 Å². The predicted molar refractivity (Wildman–Crippen MR) is 115 cm³/mol. The maximum absolute atomic E-state index is 13.2. The van der Waals surface area contributed by atoms with Crippen LogP contribution in [-0.4, -0.2) is 20.4 Å².